The lowest BCUT2D eigenvalue weighted by molar-refractivity contribution is 0.102. The first-order chi connectivity index (χ1) is 8.97. The summed E-state index contributed by atoms with van der Waals surface area (Å²) < 4.78 is 0. The number of carbonyl (C=O) groups excluding carboxylic acids is 1. The molecule has 2 aromatic carbocycles. The molecule has 0 bridgehead atoms. The number of aryl methyl sites for hydroxylation is 1. The van der Waals surface area contributed by atoms with Crippen molar-refractivity contribution >= 4 is 28.9 Å². The van der Waals surface area contributed by atoms with E-state index in [1.165, 1.54) is 12.1 Å². The molecule has 4 N–H and O–H groups in total. The fraction of sp³-hybridized carbons (Fsp3) is 0.0714. The number of phenolic OH excluding ortho intramolecular Hbond substituents is 1. The average Bonchev–Trinajstić information content (AvgIpc) is 2.33. The lowest BCUT2D eigenvalue weighted by Crippen LogP contribution is -2.12. The highest BCUT2D eigenvalue weighted by molar-refractivity contribution is 6.31. The lowest BCUT2D eigenvalue weighted by atomic mass is 10.1. The average molecular weight is 277 g/mol. The number of hydrogen-bond donors (Lipinski definition) is 3. The number of hydrogen-bond acceptors (Lipinski definition) is 3. The minimum Gasteiger partial charge on any atom is -0.505 e. The Labute approximate surface area is 115 Å². The van der Waals surface area contributed by atoms with Crippen LogP contribution in [0.25, 0.3) is 0 Å². The number of halogens is 1. The molecular weight excluding hydrogens is 264 g/mol. The van der Waals surface area contributed by atoms with Crippen LogP contribution in [0.1, 0.15) is 15.9 Å². The smallest absolute Gasteiger partial charge is 0.255 e. The Balaban J connectivity index is 2.28. The molecule has 0 saturated carbocycles. The summed E-state index contributed by atoms with van der Waals surface area (Å²) >= 11 is 5.84. The molecule has 0 aliphatic carbocycles. The highest BCUT2D eigenvalue weighted by atomic mass is 35.5. The van der Waals surface area contributed by atoms with Gasteiger partial charge in [0.15, 0.2) is 0 Å². The number of benzene rings is 2. The van der Waals surface area contributed by atoms with Gasteiger partial charge in [-0.15, -0.1) is 0 Å². The Morgan fingerprint density at radius 2 is 2.05 bits per heavy atom. The molecule has 0 radical (unpaired) electrons. The van der Waals surface area contributed by atoms with Crippen molar-refractivity contribution in [2.75, 3.05) is 11.1 Å². The summed E-state index contributed by atoms with van der Waals surface area (Å²) in [6, 6.07) is 9.71. The second-order valence-electron chi connectivity index (χ2n) is 4.20. The number of nitrogen functional groups attached to an aromatic ring is 1. The third kappa shape index (κ3) is 2.98. The van der Waals surface area contributed by atoms with E-state index in [-0.39, 0.29) is 11.7 Å². The number of amides is 1. The van der Waals surface area contributed by atoms with Gasteiger partial charge in [-0.1, -0.05) is 23.7 Å². The van der Waals surface area contributed by atoms with Gasteiger partial charge in [-0.2, -0.15) is 0 Å². The van der Waals surface area contributed by atoms with Crippen LogP contribution in [0.3, 0.4) is 0 Å². The molecule has 2 aromatic rings. The van der Waals surface area contributed by atoms with E-state index in [1.54, 1.807) is 31.2 Å². The standard InChI is InChI=1S/C14H13ClN2O2/c1-8-3-2-4-12(13(8)18)17-14(19)9-5-10(15)7-11(16)6-9/h2-7,18H,16H2,1H3,(H,17,19). The third-order valence-electron chi connectivity index (χ3n) is 2.67. The van der Waals surface area contributed by atoms with Gasteiger partial charge in [-0.05, 0) is 36.8 Å². The van der Waals surface area contributed by atoms with Gasteiger partial charge in [0.05, 0.1) is 5.69 Å². The lowest BCUT2D eigenvalue weighted by Gasteiger charge is -2.09. The molecule has 1 amide bonds. The van der Waals surface area contributed by atoms with Gasteiger partial charge >= 0.3 is 0 Å². The monoisotopic (exact) mass is 276 g/mol. The number of nitrogens with two attached hydrogens (primary N) is 1. The van der Waals surface area contributed by atoms with E-state index >= 15 is 0 Å². The fourth-order valence-corrected chi connectivity index (χ4v) is 1.94. The largest absolute Gasteiger partial charge is 0.505 e. The Morgan fingerprint density at radius 1 is 1.32 bits per heavy atom. The first-order valence-corrected chi connectivity index (χ1v) is 6.01. The van der Waals surface area contributed by atoms with Gasteiger partial charge in [0.25, 0.3) is 5.91 Å². The predicted octanol–water partition coefficient (Wildman–Crippen LogP) is 3.19. The van der Waals surface area contributed by atoms with Crippen molar-refractivity contribution in [1.82, 2.24) is 0 Å². The van der Waals surface area contributed by atoms with Crippen LogP contribution >= 0.6 is 11.6 Å². The zero-order valence-corrected chi connectivity index (χ0v) is 11.0. The Bertz CT molecular complexity index is 621. The van der Waals surface area contributed by atoms with Crippen LogP contribution in [0, 0.1) is 6.92 Å². The maximum atomic E-state index is 12.0. The second-order valence-corrected chi connectivity index (χ2v) is 4.63. The topological polar surface area (TPSA) is 75.4 Å². The number of para-hydroxylation sites is 1. The van der Waals surface area contributed by atoms with Crippen LogP contribution in [0.2, 0.25) is 5.02 Å². The molecule has 19 heavy (non-hydrogen) atoms. The highest BCUT2D eigenvalue weighted by Gasteiger charge is 2.11. The maximum Gasteiger partial charge on any atom is 0.255 e. The van der Waals surface area contributed by atoms with Gasteiger partial charge < -0.3 is 16.2 Å². The van der Waals surface area contributed by atoms with E-state index in [0.29, 0.717) is 27.5 Å². The number of carbonyl (C=O) groups is 1. The number of aromatic hydroxyl groups is 1. The van der Waals surface area contributed by atoms with E-state index in [0.717, 1.165) is 0 Å². The third-order valence-corrected chi connectivity index (χ3v) is 2.89. The molecule has 2 rings (SSSR count). The van der Waals surface area contributed by atoms with Gasteiger partial charge in [0, 0.05) is 16.3 Å². The predicted molar refractivity (Wildman–Crippen MR) is 76.7 cm³/mol. The molecule has 0 fully saturated rings. The van der Waals surface area contributed by atoms with E-state index in [2.05, 4.69) is 5.32 Å². The highest BCUT2D eigenvalue weighted by Crippen LogP contribution is 2.27. The van der Waals surface area contributed by atoms with Crippen molar-refractivity contribution in [2.24, 2.45) is 0 Å². The Hall–Kier alpha value is -2.20. The van der Waals surface area contributed by atoms with E-state index in [4.69, 9.17) is 17.3 Å². The molecular formula is C14H13ClN2O2. The second kappa shape index (κ2) is 5.20. The summed E-state index contributed by atoms with van der Waals surface area (Å²) in [6.45, 7) is 1.75. The maximum absolute atomic E-state index is 12.0. The van der Waals surface area contributed by atoms with Crippen LogP contribution in [-0.4, -0.2) is 11.0 Å². The van der Waals surface area contributed by atoms with Crippen LogP contribution in [0.15, 0.2) is 36.4 Å². The van der Waals surface area contributed by atoms with Gasteiger partial charge in [-0.25, -0.2) is 0 Å². The summed E-state index contributed by atoms with van der Waals surface area (Å²) in [5, 5.41) is 12.8. The number of phenols is 1. The van der Waals surface area contributed by atoms with Crippen LogP contribution < -0.4 is 11.1 Å². The fourth-order valence-electron chi connectivity index (χ4n) is 1.70. The molecule has 0 aromatic heterocycles. The molecule has 5 heteroatoms. The zero-order valence-electron chi connectivity index (χ0n) is 10.3. The molecule has 98 valence electrons. The first kappa shape index (κ1) is 13.2. The molecule has 0 heterocycles. The molecule has 0 saturated heterocycles. The molecule has 0 aliphatic heterocycles. The normalized spacial score (nSPS) is 10.2. The zero-order chi connectivity index (χ0) is 14.0. The molecule has 0 aliphatic rings. The van der Waals surface area contributed by atoms with E-state index in [9.17, 15) is 9.90 Å². The van der Waals surface area contributed by atoms with Crippen LogP contribution in [-0.2, 0) is 0 Å². The van der Waals surface area contributed by atoms with Gasteiger partial charge in [0.1, 0.15) is 5.75 Å². The Kier molecular flexibility index (Phi) is 3.62. The first-order valence-electron chi connectivity index (χ1n) is 5.63. The molecule has 0 unspecified atom stereocenters. The summed E-state index contributed by atoms with van der Waals surface area (Å²) in [5.74, 6) is -0.332. The van der Waals surface area contributed by atoms with Crippen LogP contribution in [0.4, 0.5) is 11.4 Å². The number of nitrogens with one attached hydrogen (secondary N) is 1. The minimum atomic E-state index is -0.380. The van der Waals surface area contributed by atoms with Crippen molar-refractivity contribution in [3.05, 3.63) is 52.5 Å². The summed E-state index contributed by atoms with van der Waals surface area (Å²) in [5.41, 5.74) is 7.41. The Morgan fingerprint density at radius 3 is 2.74 bits per heavy atom. The van der Waals surface area contributed by atoms with Crippen LogP contribution in [0.5, 0.6) is 5.75 Å². The minimum absolute atomic E-state index is 0.0471. The summed E-state index contributed by atoms with van der Waals surface area (Å²) in [6.07, 6.45) is 0. The van der Waals surface area contributed by atoms with Gasteiger partial charge in [0.2, 0.25) is 0 Å². The quantitative estimate of drug-likeness (QED) is 0.582. The van der Waals surface area contributed by atoms with Crippen molar-refractivity contribution in [2.45, 2.75) is 6.92 Å². The van der Waals surface area contributed by atoms with E-state index < -0.39 is 0 Å². The summed E-state index contributed by atoms with van der Waals surface area (Å²) in [7, 11) is 0. The van der Waals surface area contributed by atoms with Gasteiger partial charge in [-0.3, -0.25) is 4.79 Å². The summed E-state index contributed by atoms with van der Waals surface area (Å²) in [4.78, 5) is 12.0. The van der Waals surface area contributed by atoms with Crippen molar-refractivity contribution < 1.29 is 9.90 Å². The molecule has 0 atom stereocenters. The van der Waals surface area contributed by atoms with Crippen molar-refractivity contribution in [1.29, 1.82) is 0 Å². The number of rotatable bonds is 2. The van der Waals surface area contributed by atoms with Crippen molar-refractivity contribution in [3.63, 3.8) is 0 Å². The molecule has 0 spiro atoms. The SMILES string of the molecule is Cc1cccc(NC(=O)c2cc(N)cc(Cl)c2)c1O. The number of anilines is 2. The van der Waals surface area contributed by atoms with Crippen molar-refractivity contribution in [3.8, 4) is 5.75 Å². The van der Waals surface area contributed by atoms with E-state index in [1.807, 2.05) is 0 Å². The molecule has 4 nitrogen and oxygen atoms in total.